The van der Waals surface area contributed by atoms with Crippen LogP contribution >= 0.6 is 32.3 Å². The van der Waals surface area contributed by atoms with Crippen molar-refractivity contribution in [1.29, 1.82) is 0 Å². The van der Waals surface area contributed by atoms with E-state index in [1.54, 1.807) is 30.1 Å². The van der Waals surface area contributed by atoms with Gasteiger partial charge in [-0.05, 0) is 16.4 Å². The third-order valence-electron chi connectivity index (χ3n) is 2.28. The molecular weight excluding hydrogens is 281 g/mol. The summed E-state index contributed by atoms with van der Waals surface area (Å²) in [5.41, 5.74) is 0.580. The van der Waals surface area contributed by atoms with E-state index in [4.69, 9.17) is 11.6 Å². The maximum absolute atomic E-state index is 13.5. The van der Waals surface area contributed by atoms with Crippen molar-refractivity contribution in [2.24, 2.45) is 0 Å². The average Bonchev–Trinajstić information content (AvgIpc) is 2.63. The summed E-state index contributed by atoms with van der Waals surface area (Å²) < 4.78 is 13.3. The van der Waals surface area contributed by atoms with Crippen LogP contribution in [0.3, 0.4) is 0 Å². The number of hydrogen-bond donors (Lipinski definition) is 0. The molecule has 0 spiro atoms. The lowest BCUT2D eigenvalue weighted by molar-refractivity contribution is 0.608. The zero-order valence-corrected chi connectivity index (χ0v) is 11.3. The first kappa shape index (κ1) is 12.5. The van der Waals surface area contributed by atoms with Gasteiger partial charge >= 0.3 is 0 Å². The van der Waals surface area contributed by atoms with E-state index >= 15 is 0 Å². The van der Waals surface area contributed by atoms with Crippen LogP contribution in [0.5, 0.6) is 0 Å². The van der Waals surface area contributed by atoms with E-state index in [9.17, 15) is 9.18 Å². The molecule has 0 aliphatic carbocycles. The minimum Gasteiger partial charge on any atom is -0.360 e. The van der Waals surface area contributed by atoms with E-state index in [2.05, 4.69) is 0 Å². The number of rotatable bonds is 3. The first-order valence-corrected chi connectivity index (χ1v) is 7.35. The molecule has 17 heavy (non-hydrogen) atoms. The summed E-state index contributed by atoms with van der Waals surface area (Å²) >= 11 is 5.88. The molecule has 0 bridgehead atoms. The predicted molar refractivity (Wildman–Crippen MR) is 72.0 cm³/mol. The van der Waals surface area contributed by atoms with E-state index in [0.717, 1.165) is 10.3 Å². The van der Waals surface area contributed by atoms with Crippen molar-refractivity contribution >= 4 is 37.3 Å². The first-order chi connectivity index (χ1) is 8.09. The van der Waals surface area contributed by atoms with Gasteiger partial charge in [-0.3, -0.25) is 4.79 Å². The molecule has 2 aromatic rings. The minimum atomic E-state index is -0.252. The van der Waals surface area contributed by atoms with Crippen molar-refractivity contribution in [3.63, 3.8) is 0 Å². The van der Waals surface area contributed by atoms with Gasteiger partial charge in [0.2, 0.25) is 0 Å². The molecule has 0 fully saturated rings. The number of anilines is 1. The Morgan fingerprint density at radius 1 is 1.35 bits per heavy atom. The maximum Gasteiger partial charge on any atom is 0.263 e. The molecule has 6 heteroatoms. The van der Waals surface area contributed by atoms with Crippen LogP contribution in [0.2, 0.25) is 5.02 Å². The van der Waals surface area contributed by atoms with Gasteiger partial charge in [-0.2, -0.15) is 0 Å². The lowest BCUT2D eigenvalue weighted by atomic mass is 10.2. The highest BCUT2D eigenvalue weighted by Gasteiger charge is 2.14. The van der Waals surface area contributed by atoms with E-state index in [0.29, 0.717) is 17.1 Å². The highest BCUT2D eigenvalue weighted by atomic mass is 35.5. The van der Waals surface area contributed by atoms with Crippen molar-refractivity contribution in [3.05, 3.63) is 50.2 Å². The lowest BCUT2D eigenvalue weighted by Gasteiger charge is -2.17. The highest BCUT2D eigenvalue weighted by molar-refractivity contribution is 7.70. The second-order valence-corrected chi connectivity index (χ2v) is 5.99. The summed E-state index contributed by atoms with van der Waals surface area (Å²) in [4.78, 5) is 13.0. The molecule has 0 N–H and O–H groups in total. The monoisotopic (exact) mass is 289 g/mol. The van der Waals surface area contributed by atoms with Gasteiger partial charge in [-0.1, -0.05) is 40.1 Å². The molecule has 0 aliphatic rings. The SMILES string of the molecule is CN(Cc1ccccc1F)c1ssc(=O)c1Cl. The topological polar surface area (TPSA) is 20.3 Å². The van der Waals surface area contributed by atoms with Crippen LogP contribution in [0.1, 0.15) is 5.56 Å². The van der Waals surface area contributed by atoms with Crippen molar-refractivity contribution in [3.8, 4) is 0 Å². The molecule has 0 aliphatic heterocycles. The molecule has 0 saturated carbocycles. The summed E-state index contributed by atoms with van der Waals surface area (Å²) in [7, 11) is 4.19. The van der Waals surface area contributed by atoms with Crippen LogP contribution in [0.25, 0.3) is 0 Å². The van der Waals surface area contributed by atoms with E-state index < -0.39 is 0 Å². The van der Waals surface area contributed by atoms with Crippen molar-refractivity contribution in [2.75, 3.05) is 11.9 Å². The second kappa shape index (κ2) is 5.16. The molecule has 1 aromatic heterocycles. The van der Waals surface area contributed by atoms with Gasteiger partial charge in [0.05, 0.1) is 0 Å². The minimum absolute atomic E-state index is 0.146. The number of halogens is 2. The molecule has 2 nitrogen and oxygen atoms in total. The van der Waals surface area contributed by atoms with Gasteiger partial charge in [-0.15, -0.1) is 0 Å². The van der Waals surface area contributed by atoms with Crippen molar-refractivity contribution in [1.82, 2.24) is 0 Å². The summed E-state index contributed by atoms with van der Waals surface area (Å²) in [6.07, 6.45) is 0. The van der Waals surface area contributed by atoms with Gasteiger partial charge in [-0.25, -0.2) is 4.39 Å². The van der Waals surface area contributed by atoms with Crippen molar-refractivity contribution in [2.45, 2.75) is 6.54 Å². The Morgan fingerprint density at radius 3 is 2.65 bits per heavy atom. The van der Waals surface area contributed by atoms with E-state index in [-0.39, 0.29) is 15.6 Å². The largest absolute Gasteiger partial charge is 0.360 e. The van der Waals surface area contributed by atoms with Gasteiger partial charge < -0.3 is 4.90 Å². The summed E-state index contributed by atoms with van der Waals surface area (Å²) in [5, 5.41) is 0.906. The molecule has 1 aromatic carbocycles. The Kier molecular flexibility index (Phi) is 3.81. The second-order valence-electron chi connectivity index (χ2n) is 3.52. The third-order valence-corrected chi connectivity index (χ3v) is 5.14. The molecule has 1 heterocycles. The van der Waals surface area contributed by atoms with E-state index in [1.165, 1.54) is 16.4 Å². The zero-order chi connectivity index (χ0) is 12.4. The summed E-state index contributed by atoms with van der Waals surface area (Å²) in [6.45, 7) is 0.388. The molecule has 0 unspecified atom stereocenters. The van der Waals surface area contributed by atoms with Crippen LogP contribution in [0.15, 0.2) is 29.1 Å². The predicted octanol–water partition coefficient (Wildman–Crippen LogP) is 3.60. The molecule has 0 atom stereocenters. The smallest absolute Gasteiger partial charge is 0.263 e. The number of hydrogen-bond acceptors (Lipinski definition) is 4. The molecule has 2 rings (SSSR count). The van der Waals surface area contributed by atoms with E-state index in [1.807, 2.05) is 0 Å². The molecule has 0 saturated heterocycles. The van der Waals surface area contributed by atoms with Crippen LogP contribution in [-0.4, -0.2) is 7.05 Å². The number of nitrogens with zero attached hydrogens (tertiary/aromatic N) is 1. The molecule has 0 amide bonds. The number of benzene rings is 1. The standard InChI is InChI=1S/C11H9ClFNOS2/c1-14(10-9(12)11(15)17-16-10)6-7-4-2-3-5-8(7)13/h2-5H,6H2,1H3. The maximum atomic E-state index is 13.5. The van der Waals surface area contributed by atoms with Crippen LogP contribution in [0.4, 0.5) is 9.39 Å². The Bertz CT molecular complexity index is 581. The average molecular weight is 290 g/mol. The third kappa shape index (κ3) is 2.68. The van der Waals surface area contributed by atoms with Crippen LogP contribution < -0.4 is 9.64 Å². The Morgan fingerprint density at radius 2 is 2.06 bits per heavy atom. The Labute approximate surface area is 110 Å². The van der Waals surface area contributed by atoms with Gasteiger partial charge in [0, 0.05) is 19.2 Å². The quantitative estimate of drug-likeness (QED) is 0.805. The van der Waals surface area contributed by atoms with Crippen LogP contribution in [0, 0.1) is 5.82 Å². The molecule has 90 valence electrons. The molecular formula is C11H9ClFNOS2. The highest BCUT2D eigenvalue weighted by Crippen LogP contribution is 2.31. The Hall–Kier alpha value is -0.910. The zero-order valence-electron chi connectivity index (χ0n) is 8.94. The summed E-state index contributed by atoms with van der Waals surface area (Å²) in [5.74, 6) is -0.252. The van der Waals surface area contributed by atoms with Gasteiger partial charge in [0.1, 0.15) is 15.8 Å². The molecule has 0 radical (unpaired) electrons. The fourth-order valence-electron chi connectivity index (χ4n) is 1.42. The Balaban J connectivity index is 2.23. The first-order valence-electron chi connectivity index (χ1n) is 4.82. The van der Waals surface area contributed by atoms with Gasteiger partial charge in [0.15, 0.2) is 0 Å². The van der Waals surface area contributed by atoms with Gasteiger partial charge in [0.25, 0.3) is 4.74 Å². The van der Waals surface area contributed by atoms with Crippen molar-refractivity contribution < 1.29 is 4.39 Å². The fraction of sp³-hybridized carbons (Fsp3) is 0.182. The van der Waals surface area contributed by atoms with Crippen LogP contribution in [-0.2, 0) is 6.54 Å². The normalized spacial score (nSPS) is 10.5. The lowest BCUT2D eigenvalue weighted by Crippen LogP contribution is -2.17. The fourth-order valence-corrected chi connectivity index (χ4v) is 4.17. The summed E-state index contributed by atoms with van der Waals surface area (Å²) in [6, 6.07) is 6.56.